The minimum atomic E-state index is -0.591. The molecule has 1 aromatic heterocycles. The minimum Gasteiger partial charge on any atom is -0.444 e. The van der Waals surface area contributed by atoms with Gasteiger partial charge in [0.05, 0.1) is 0 Å². The van der Waals surface area contributed by atoms with Gasteiger partial charge < -0.3 is 4.74 Å². The zero-order valence-electron chi connectivity index (χ0n) is 9.04. The molecule has 0 saturated carbocycles. The molecule has 1 N–H and O–H groups in total. The molecule has 0 aromatic carbocycles. The molecule has 0 radical (unpaired) electrons. The van der Waals surface area contributed by atoms with Crippen LogP contribution in [-0.4, -0.2) is 23.0 Å². The Labute approximate surface area is 105 Å². The number of thiazole rings is 1. The summed E-state index contributed by atoms with van der Waals surface area (Å²) < 4.78 is 5.61. The zero-order chi connectivity index (χ0) is 12.3. The fourth-order valence-electron chi connectivity index (χ4n) is 0.830. The highest BCUT2D eigenvalue weighted by atomic mass is 79.9. The Balaban J connectivity index is 2.66. The van der Waals surface area contributed by atoms with Crippen molar-refractivity contribution in [3.05, 3.63) is 9.48 Å². The van der Waals surface area contributed by atoms with Gasteiger partial charge in [-0.2, -0.15) is 0 Å². The summed E-state index contributed by atoms with van der Waals surface area (Å²) in [4.78, 5) is 25.8. The van der Waals surface area contributed by atoms with Crippen molar-refractivity contribution in [2.75, 3.05) is 5.32 Å². The van der Waals surface area contributed by atoms with E-state index in [4.69, 9.17) is 4.74 Å². The summed E-state index contributed by atoms with van der Waals surface area (Å²) in [6.45, 7) is 5.30. The van der Waals surface area contributed by atoms with Crippen LogP contribution in [-0.2, 0) is 4.74 Å². The molecule has 0 fully saturated rings. The normalized spacial score (nSPS) is 11.0. The molecule has 0 aliphatic carbocycles. The number of carbonyl (C=O) groups excluding carboxylic acids is 2. The molecule has 0 aliphatic heterocycles. The van der Waals surface area contributed by atoms with Crippen LogP contribution in [0.2, 0.25) is 0 Å². The number of halogens is 1. The van der Waals surface area contributed by atoms with Gasteiger partial charge in [-0.1, -0.05) is 11.3 Å². The van der Waals surface area contributed by atoms with Gasteiger partial charge in [0.2, 0.25) is 0 Å². The second kappa shape index (κ2) is 4.92. The Morgan fingerprint density at radius 3 is 2.62 bits per heavy atom. The summed E-state index contributed by atoms with van der Waals surface area (Å²) >= 11 is 4.32. The molecule has 7 heteroatoms. The molecule has 1 aromatic rings. The van der Waals surface area contributed by atoms with Crippen molar-refractivity contribution in [3.63, 3.8) is 0 Å². The molecule has 0 aliphatic rings. The van der Waals surface area contributed by atoms with E-state index < -0.39 is 11.7 Å². The highest BCUT2D eigenvalue weighted by Gasteiger charge is 2.18. The number of carbonyl (C=O) groups is 2. The van der Waals surface area contributed by atoms with E-state index in [1.54, 1.807) is 20.8 Å². The van der Waals surface area contributed by atoms with Crippen LogP contribution < -0.4 is 5.32 Å². The van der Waals surface area contributed by atoms with Gasteiger partial charge in [0, 0.05) is 0 Å². The number of hydrogen-bond acceptors (Lipinski definition) is 5. The van der Waals surface area contributed by atoms with Crippen LogP contribution in [0.4, 0.5) is 9.93 Å². The van der Waals surface area contributed by atoms with Crippen LogP contribution in [0.1, 0.15) is 31.3 Å². The van der Waals surface area contributed by atoms with Crippen molar-refractivity contribution < 1.29 is 14.3 Å². The summed E-state index contributed by atoms with van der Waals surface area (Å²) in [5.74, 6) is 0. The number of ether oxygens (including phenoxy) is 1. The molecule has 5 nitrogen and oxygen atoms in total. The lowest BCUT2D eigenvalue weighted by Gasteiger charge is -2.18. The van der Waals surface area contributed by atoms with E-state index in [-0.39, 0.29) is 5.69 Å². The molecule has 16 heavy (non-hydrogen) atoms. The van der Waals surface area contributed by atoms with Crippen molar-refractivity contribution >= 4 is 44.8 Å². The summed E-state index contributed by atoms with van der Waals surface area (Å²) in [5, 5.41) is 2.77. The third-order valence-electron chi connectivity index (χ3n) is 1.33. The minimum absolute atomic E-state index is 0.260. The maximum absolute atomic E-state index is 11.4. The summed E-state index contributed by atoms with van der Waals surface area (Å²) in [6.07, 6.45) is 0.0205. The smallest absolute Gasteiger partial charge is 0.413 e. The predicted molar refractivity (Wildman–Crippen MR) is 65.1 cm³/mol. The molecule has 0 spiro atoms. The Morgan fingerprint density at radius 1 is 1.56 bits per heavy atom. The van der Waals surface area contributed by atoms with Crippen molar-refractivity contribution in [3.8, 4) is 0 Å². The molecule has 0 unspecified atom stereocenters. The molecular weight excluding hydrogens is 296 g/mol. The number of nitrogens with zero attached hydrogens (tertiary/aromatic N) is 1. The van der Waals surface area contributed by atoms with E-state index in [0.717, 1.165) is 11.3 Å². The van der Waals surface area contributed by atoms with Gasteiger partial charge >= 0.3 is 6.09 Å². The highest BCUT2D eigenvalue weighted by molar-refractivity contribution is 9.11. The van der Waals surface area contributed by atoms with E-state index in [0.29, 0.717) is 15.2 Å². The molecule has 0 saturated heterocycles. The van der Waals surface area contributed by atoms with E-state index in [2.05, 4.69) is 26.2 Å². The van der Waals surface area contributed by atoms with Crippen LogP contribution >= 0.6 is 27.3 Å². The highest BCUT2D eigenvalue weighted by Crippen LogP contribution is 2.27. The Kier molecular flexibility index (Phi) is 4.03. The maximum Gasteiger partial charge on any atom is 0.413 e. The van der Waals surface area contributed by atoms with E-state index in [1.807, 2.05) is 0 Å². The largest absolute Gasteiger partial charge is 0.444 e. The van der Waals surface area contributed by atoms with Gasteiger partial charge in [0.1, 0.15) is 15.1 Å². The second-order valence-electron chi connectivity index (χ2n) is 3.92. The monoisotopic (exact) mass is 306 g/mol. The van der Waals surface area contributed by atoms with Gasteiger partial charge in [0.25, 0.3) is 0 Å². The lowest BCUT2D eigenvalue weighted by molar-refractivity contribution is 0.0635. The second-order valence-corrected chi connectivity index (χ2v) is 6.24. The third kappa shape index (κ3) is 3.90. The molecule has 1 rings (SSSR count). The van der Waals surface area contributed by atoms with Crippen molar-refractivity contribution in [2.45, 2.75) is 26.4 Å². The molecule has 1 heterocycles. The first kappa shape index (κ1) is 13.1. The first-order valence-corrected chi connectivity index (χ1v) is 6.04. The van der Waals surface area contributed by atoms with E-state index >= 15 is 0 Å². The van der Waals surface area contributed by atoms with Gasteiger partial charge in [-0.15, -0.1) is 0 Å². The van der Waals surface area contributed by atoms with Crippen molar-refractivity contribution in [2.24, 2.45) is 0 Å². The average Bonchev–Trinajstić information content (AvgIpc) is 2.42. The van der Waals surface area contributed by atoms with Crippen LogP contribution in [0.5, 0.6) is 0 Å². The lowest BCUT2D eigenvalue weighted by atomic mass is 10.2. The number of rotatable bonds is 2. The van der Waals surface area contributed by atoms with Gasteiger partial charge in [-0.25, -0.2) is 9.78 Å². The molecule has 88 valence electrons. The predicted octanol–water partition coefficient (Wildman–Crippen LogP) is 3.07. The average molecular weight is 307 g/mol. The zero-order valence-corrected chi connectivity index (χ0v) is 11.4. The SMILES string of the molecule is CC(C)(C)OC(=O)Nc1nc(C=O)c(Br)s1. The van der Waals surface area contributed by atoms with E-state index in [9.17, 15) is 9.59 Å². The van der Waals surface area contributed by atoms with Gasteiger partial charge in [0.15, 0.2) is 11.4 Å². The summed E-state index contributed by atoms with van der Waals surface area (Å²) in [6, 6.07) is 0. The Morgan fingerprint density at radius 2 is 2.19 bits per heavy atom. The van der Waals surface area contributed by atoms with Crippen LogP contribution in [0.15, 0.2) is 3.79 Å². The molecular formula is C9H11BrN2O3S. The fraction of sp³-hybridized carbons (Fsp3) is 0.444. The number of amides is 1. The van der Waals surface area contributed by atoms with E-state index in [1.165, 1.54) is 0 Å². The van der Waals surface area contributed by atoms with Crippen LogP contribution in [0, 0.1) is 0 Å². The standard InChI is InChI=1S/C9H11BrN2O3S/c1-9(2,3)15-8(14)12-7-11-5(4-13)6(10)16-7/h4H,1-3H3,(H,11,12,14). The van der Waals surface area contributed by atoms with Crippen LogP contribution in [0.3, 0.4) is 0 Å². The molecule has 0 atom stereocenters. The van der Waals surface area contributed by atoms with Gasteiger partial charge in [-0.3, -0.25) is 10.1 Å². The number of aromatic nitrogens is 1. The number of aldehydes is 1. The maximum atomic E-state index is 11.4. The Bertz CT molecular complexity index is 411. The summed E-state index contributed by atoms with van der Waals surface area (Å²) in [5.41, 5.74) is -0.303. The van der Waals surface area contributed by atoms with Crippen molar-refractivity contribution in [1.82, 2.24) is 4.98 Å². The Hall–Kier alpha value is -0.950. The van der Waals surface area contributed by atoms with Crippen molar-refractivity contribution in [1.29, 1.82) is 0 Å². The summed E-state index contributed by atoms with van der Waals surface area (Å²) in [7, 11) is 0. The number of hydrogen-bond donors (Lipinski definition) is 1. The first-order chi connectivity index (χ1) is 7.31. The third-order valence-corrected chi connectivity index (χ3v) is 3.00. The topological polar surface area (TPSA) is 68.3 Å². The number of anilines is 1. The number of nitrogens with one attached hydrogen (secondary N) is 1. The van der Waals surface area contributed by atoms with Gasteiger partial charge in [-0.05, 0) is 36.7 Å². The lowest BCUT2D eigenvalue weighted by Crippen LogP contribution is -2.27. The quantitative estimate of drug-likeness (QED) is 0.853. The molecule has 1 amide bonds. The fourth-order valence-corrected chi connectivity index (χ4v) is 2.12. The van der Waals surface area contributed by atoms with Crippen LogP contribution in [0.25, 0.3) is 0 Å². The first-order valence-electron chi connectivity index (χ1n) is 4.43. The molecule has 0 bridgehead atoms.